The van der Waals surface area contributed by atoms with Crippen molar-refractivity contribution in [2.45, 2.75) is 26.4 Å². The fourth-order valence-corrected chi connectivity index (χ4v) is 1.79. The molecule has 1 unspecified atom stereocenters. The van der Waals surface area contributed by atoms with Gasteiger partial charge >= 0.3 is 0 Å². The summed E-state index contributed by atoms with van der Waals surface area (Å²) in [5.74, 6) is 0.452. The summed E-state index contributed by atoms with van der Waals surface area (Å²) in [6, 6.07) is 9.29. The Bertz CT molecular complexity index is 635. The molecule has 2 aromatic rings. The third kappa shape index (κ3) is 3.68. The second-order valence-corrected chi connectivity index (χ2v) is 4.90. The van der Waals surface area contributed by atoms with E-state index in [1.807, 2.05) is 38.1 Å². The van der Waals surface area contributed by atoms with Crippen LogP contribution < -0.4 is 16.0 Å². The van der Waals surface area contributed by atoms with E-state index in [1.165, 1.54) is 10.7 Å². The lowest BCUT2D eigenvalue weighted by Gasteiger charge is -2.10. The van der Waals surface area contributed by atoms with Crippen molar-refractivity contribution in [1.82, 2.24) is 9.78 Å². The van der Waals surface area contributed by atoms with E-state index in [-0.39, 0.29) is 11.6 Å². The Balaban J connectivity index is 2.14. The number of aryl methyl sites for hydroxylation is 1. The molecule has 0 bridgehead atoms. The van der Waals surface area contributed by atoms with Crippen LogP contribution in [0.2, 0.25) is 0 Å². The highest BCUT2D eigenvalue weighted by Gasteiger charge is 2.04. The van der Waals surface area contributed by atoms with E-state index in [2.05, 4.69) is 5.10 Å². The highest BCUT2D eigenvalue weighted by molar-refractivity contribution is 5.25. The summed E-state index contributed by atoms with van der Waals surface area (Å²) in [4.78, 5) is 12.0. The fraction of sp³-hybridized carbons (Fsp3) is 0.333. The molecule has 1 aromatic heterocycles. The van der Waals surface area contributed by atoms with Crippen molar-refractivity contribution in [3.8, 4) is 5.75 Å². The van der Waals surface area contributed by atoms with Gasteiger partial charge in [0.25, 0.3) is 5.56 Å². The van der Waals surface area contributed by atoms with Gasteiger partial charge in [-0.1, -0.05) is 24.3 Å². The molecule has 0 aliphatic heterocycles. The van der Waals surface area contributed by atoms with Crippen LogP contribution in [0.1, 0.15) is 18.1 Å². The highest BCUT2D eigenvalue weighted by Crippen LogP contribution is 2.09. The first-order valence-electron chi connectivity index (χ1n) is 6.56. The molecule has 0 spiro atoms. The maximum atomic E-state index is 12.0. The van der Waals surface area contributed by atoms with Gasteiger partial charge in [-0.2, -0.15) is 5.10 Å². The molecule has 1 aromatic carbocycles. The predicted molar refractivity (Wildman–Crippen MR) is 77.9 cm³/mol. The first-order valence-corrected chi connectivity index (χ1v) is 6.56. The van der Waals surface area contributed by atoms with Gasteiger partial charge in [0.15, 0.2) is 0 Å². The van der Waals surface area contributed by atoms with E-state index < -0.39 is 0 Å². The van der Waals surface area contributed by atoms with Gasteiger partial charge < -0.3 is 10.5 Å². The van der Waals surface area contributed by atoms with E-state index in [1.54, 1.807) is 6.20 Å². The molecule has 1 atom stereocenters. The number of rotatable bonds is 5. The maximum absolute atomic E-state index is 12.0. The summed E-state index contributed by atoms with van der Waals surface area (Å²) in [6.07, 6.45) is 1.54. The first-order chi connectivity index (χ1) is 9.56. The molecule has 0 aliphatic rings. The molecule has 0 aliphatic carbocycles. The molecule has 0 amide bonds. The molecule has 2 N–H and O–H groups in total. The van der Waals surface area contributed by atoms with Gasteiger partial charge in [-0.3, -0.25) is 4.79 Å². The number of hydrogen-bond acceptors (Lipinski definition) is 4. The van der Waals surface area contributed by atoms with Gasteiger partial charge in [0.1, 0.15) is 12.4 Å². The number of hydrogen-bond donors (Lipinski definition) is 1. The second kappa shape index (κ2) is 6.34. The highest BCUT2D eigenvalue weighted by atomic mass is 16.5. The van der Waals surface area contributed by atoms with E-state index in [0.29, 0.717) is 18.9 Å². The Morgan fingerprint density at radius 1 is 1.40 bits per heavy atom. The van der Waals surface area contributed by atoms with E-state index >= 15 is 0 Å². The van der Waals surface area contributed by atoms with Crippen LogP contribution in [-0.2, 0) is 6.54 Å². The van der Waals surface area contributed by atoms with E-state index in [9.17, 15) is 4.79 Å². The van der Waals surface area contributed by atoms with Gasteiger partial charge in [-0.15, -0.1) is 0 Å². The molecule has 5 heteroatoms. The second-order valence-electron chi connectivity index (χ2n) is 4.90. The van der Waals surface area contributed by atoms with Crippen LogP contribution in [0, 0.1) is 6.92 Å². The first kappa shape index (κ1) is 14.3. The minimum absolute atomic E-state index is 0.0793. The van der Waals surface area contributed by atoms with Crippen LogP contribution in [-0.4, -0.2) is 22.4 Å². The van der Waals surface area contributed by atoms with Crippen molar-refractivity contribution in [3.63, 3.8) is 0 Å². The Morgan fingerprint density at radius 2 is 2.15 bits per heavy atom. The smallest absolute Gasteiger partial charge is 0.270 e. The number of nitrogens with zero attached hydrogens (tertiary/aromatic N) is 2. The molecule has 0 saturated carbocycles. The molecule has 0 radical (unpaired) electrons. The van der Waals surface area contributed by atoms with Crippen LogP contribution >= 0.6 is 0 Å². The molecule has 5 nitrogen and oxygen atoms in total. The Hall–Kier alpha value is -2.14. The average Bonchev–Trinajstić information content (AvgIpc) is 2.41. The van der Waals surface area contributed by atoms with Gasteiger partial charge in [-0.25, -0.2) is 4.68 Å². The van der Waals surface area contributed by atoms with Crippen molar-refractivity contribution in [2.75, 3.05) is 6.61 Å². The summed E-state index contributed by atoms with van der Waals surface area (Å²) in [5.41, 5.74) is 7.63. The number of aromatic nitrogens is 2. The molecule has 1 heterocycles. The largest absolute Gasteiger partial charge is 0.490 e. The van der Waals surface area contributed by atoms with E-state index in [0.717, 1.165) is 11.1 Å². The number of benzene rings is 1. The lowest BCUT2D eigenvalue weighted by Crippen LogP contribution is -2.26. The van der Waals surface area contributed by atoms with Gasteiger partial charge in [0, 0.05) is 12.1 Å². The summed E-state index contributed by atoms with van der Waals surface area (Å²) >= 11 is 0. The third-order valence-corrected chi connectivity index (χ3v) is 2.94. The van der Waals surface area contributed by atoms with Crippen molar-refractivity contribution < 1.29 is 4.74 Å². The summed E-state index contributed by atoms with van der Waals surface area (Å²) in [7, 11) is 0. The van der Waals surface area contributed by atoms with Gasteiger partial charge in [0.05, 0.1) is 12.7 Å². The summed E-state index contributed by atoms with van der Waals surface area (Å²) in [6.45, 7) is 4.68. The Kier molecular flexibility index (Phi) is 4.53. The topological polar surface area (TPSA) is 70.1 Å². The predicted octanol–water partition coefficient (Wildman–Crippen LogP) is 1.33. The molecule has 0 fully saturated rings. The van der Waals surface area contributed by atoms with Crippen molar-refractivity contribution >= 4 is 0 Å². The summed E-state index contributed by atoms with van der Waals surface area (Å²) < 4.78 is 6.79. The Morgan fingerprint density at radius 3 is 2.80 bits per heavy atom. The van der Waals surface area contributed by atoms with Crippen LogP contribution in [0.15, 0.2) is 41.3 Å². The van der Waals surface area contributed by atoms with Gasteiger partial charge in [0.2, 0.25) is 0 Å². The summed E-state index contributed by atoms with van der Waals surface area (Å²) in [5, 5.41) is 4.13. The molecule has 0 saturated heterocycles. The Labute approximate surface area is 118 Å². The van der Waals surface area contributed by atoms with Crippen LogP contribution in [0.25, 0.3) is 0 Å². The zero-order valence-corrected chi connectivity index (χ0v) is 11.7. The zero-order chi connectivity index (χ0) is 14.5. The van der Waals surface area contributed by atoms with Crippen LogP contribution in [0.3, 0.4) is 0 Å². The normalized spacial score (nSPS) is 12.2. The molecule has 20 heavy (non-hydrogen) atoms. The maximum Gasteiger partial charge on any atom is 0.270 e. The van der Waals surface area contributed by atoms with E-state index in [4.69, 9.17) is 10.5 Å². The van der Waals surface area contributed by atoms with Crippen molar-refractivity contribution in [1.29, 1.82) is 0 Å². The van der Waals surface area contributed by atoms with Crippen LogP contribution in [0.4, 0.5) is 0 Å². The number of ether oxygens (including phenoxy) is 1. The average molecular weight is 273 g/mol. The molecular weight excluding hydrogens is 254 g/mol. The monoisotopic (exact) mass is 273 g/mol. The quantitative estimate of drug-likeness (QED) is 0.892. The standard InChI is InChI=1S/C15H19N3O2/c1-11-5-3-4-6-13(11)9-18-15(19)7-14(8-17-18)20-10-12(2)16/h3-8,12H,9-10,16H2,1-2H3. The fourth-order valence-electron chi connectivity index (χ4n) is 1.79. The third-order valence-electron chi connectivity index (χ3n) is 2.94. The molecular formula is C15H19N3O2. The SMILES string of the molecule is Cc1ccccc1Cn1ncc(OCC(C)N)cc1=O. The molecule has 2 rings (SSSR count). The lowest BCUT2D eigenvalue weighted by molar-refractivity contribution is 0.293. The van der Waals surface area contributed by atoms with Gasteiger partial charge in [-0.05, 0) is 25.0 Å². The van der Waals surface area contributed by atoms with Crippen LogP contribution in [0.5, 0.6) is 5.75 Å². The van der Waals surface area contributed by atoms with Crippen molar-refractivity contribution in [3.05, 3.63) is 58.0 Å². The molecule has 106 valence electrons. The minimum atomic E-state index is -0.185. The lowest BCUT2D eigenvalue weighted by atomic mass is 10.1. The number of nitrogens with two attached hydrogens (primary N) is 1. The minimum Gasteiger partial charge on any atom is -0.490 e. The zero-order valence-electron chi connectivity index (χ0n) is 11.7. The van der Waals surface area contributed by atoms with Crippen molar-refractivity contribution in [2.24, 2.45) is 5.73 Å².